The van der Waals surface area contributed by atoms with Crippen molar-refractivity contribution in [1.29, 1.82) is 0 Å². The first kappa shape index (κ1) is 19.5. The zero-order chi connectivity index (χ0) is 22.1. The van der Waals surface area contributed by atoms with Gasteiger partial charge in [0.05, 0.1) is 35.1 Å². The first-order valence-electron chi connectivity index (χ1n) is 9.77. The molecule has 0 spiro atoms. The van der Waals surface area contributed by atoms with E-state index < -0.39 is 11.9 Å². The van der Waals surface area contributed by atoms with Crippen LogP contribution in [0.5, 0.6) is 11.5 Å². The molecule has 3 heterocycles. The number of pyridine rings is 2. The average molecular weight is 427 g/mol. The van der Waals surface area contributed by atoms with E-state index in [1.54, 1.807) is 30.6 Å². The smallest absolute Gasteiger partial charge is 0.340 e. The molecule has 2 aromatic heterocycles. The Bertz CT molecular complexity index is 1350. The number of fused-ring (bicyclic) bond motifs is 2. The van der Waals surface area contributed by atoms with E-state index in [9.17, 15) is 9.59 Å². The summed E-state index contributed by atoms with van der Waals surface area (Å²) >= 11 is 0. The van der Waals surface area contributed by atoms with Gasteiger partial charge in [0, 0.05) is 35.5 Å². The molecule has 5 rings (SSSR count). The number of aromatic nitrogens is 2. The molecule has 0 saturated heterocycles. The molecular weight excluding hydrogens is 410 g/mol. The van der Waals surface area contributed by atoms with E-state index in [4.69, 9.17) is 14.2 Å². The van der Waals surface area contributed by atoms with Gasteiger partial charge >= 0.3 is 5.97 Å². The lowest BCUT2D eigenvalue weighted by Crippen LogP contribution is -2.16. The molecule has 8 heteroatoms. The zero-order valence-electron chi connectivity index (χ0n) is 17.0. The highest BCUT2D eigenvalue weighted by atomic mass is 16.7. The van der Waals surface area contributed by atoms with Crippen molar-refractivity contribution in [2.24, 2.45) is 0 Å². The van der Waals surface area contributed by atoms with E-state index in [0.717, 1.165) is 5.56 Å². The van der Waals surface area contributed by atoms with Crippen LogP contribution in [0.4, 0.5) is 5.69 Å². The molecule has 0 radical (unpaired) electrons. The minimum Gasteiger partial charge on any atom is -0.465 e. The molecule has 1 N–H and O–H groups in total. The third kappa shape index (κ3) is 3.47. The standard InChI is InChI=1S/C24H17N3O5/c1-30-24(29)17-10-21-22(32-13-31-21)11-20(17)27-23(28)16-9-19(14-5-4-8-25-12-14)26-18-7-3-2-6-15(16)18/h2-12H,13H2,1H3,(H,27,28). The normalized spacial score (nSPS) is 11.9. The third-order valence-electron chi connectivity index (χ3n) is 5.08. The SMILES string of the molecule is COC(=O)c1cc2c(cc1NC(=O)c1cc(-c3cccnc3)nc3ccccc13)OCO2. The molecular formula is C24H17N3O5. The quantitative estimate of drug-likeness (QED) is 0.490. The van der Waals surface area contributed by atoms with Gasteiger partial charge in [-0.15, -0.1) is 0 Å². The summed E-state index contributed by atoms with van der Waals surface area (Å²) in [7, 11) is 1.27. The number of carbonyl (C=O) groups excluding carboxylic acids is 2. The van der Waals surface area contributed by atoms with Crippen molar-refractivity contribution < 1.29 is 23.8 Å². The van der Waals surface area contributed by atoms with E-state index in [2.05, 4.69) is 15.3 Å². The van der Waals surface area contributed by atoms with Crippen molar-refractivity contribution in [3.63, 3.8) is 0 Å². The van der Waals surface area contributed by atoms with Crippen LogP contribution in [0, 0.1) is 0 Å². The van der Waals surface area contributed by atoms with E-state index in [-0.39, 0.29) is 18.0 Å². The number of ether oxygens (including phenoxy) is 3. The number of benzene rings is 2. The summed E-state index contributed by atoms with van der Waals surface area (Å²) in [6.07, 6.45) is 3.36. The maximum atomic E-state index is 13.4. The lowest BCUT2D eigenvalue weighted by Gasteiger charge is -2.13. The van der Waals surface area contributed by atoms with Crippen molar-refractivity contribution in [1.82, 2.24) is 9.97 Å². The van der Waals surface area contributed by atoms with Crippen LogP contribution in [0.1, 0.15) is 20.7 Å². The molecule has 0 saturated carbocycles. The number of nitrogens with zero attached hydrogens (tertiary/aromatic N) is 2. The van der Waals surface area contributed by atoms with Crippen molar-refractivity contribution in [3.05, 3.63) is 78.1 Å². The van der Waals surface area contributed by atoms with Gasteiger partial charge in [0.1, 0.15) is 0 Å². The molecule has 1 aliphatic heterocycles. The number of hydrogen-bond donors (Lipinski definition) is 1. The molecule has 1 amide bonds. The van der Waals surface area contributed by atoms with Gasteiger partial charge in [0.15, 0.2) is 11.5 Å². The lowest BCUT2D eigenvalue weighted by atomic mass is 10.0. The van der Waals surface area contributed by atoms with E-state index in [0.29, 0.717) is 33.7 Å². The van der Waals surface area contributed by atoms with Crippen LogP contribution in [0.15, 0.2) is 67.0 Å². The predicted octanol–water partition coefficient (Wildman–Crippen LogP) is 4.06. The van der Waals surface area contributed by atoms with Crippen LogP contribution in [-0.4, -0.2) is 35.7 Å². The summed E-state index contributed by atoms with van der Waals surface area (Å²) in [5.74, 6) is -0.160. The minimum absolute atomic E-state index is 0.0385. The number of methoxy groups -OCH3 is 1. The van der Waals surface area contributed by atoms with Crippen LogP contribution >= 0.6 is 0 Å². The van der Waals surface area contributed by atoms with Gasteiger partial charge in [0.2, 0.25) is 6.79 Å². The average Bonchev–Trinajstić information content (AvgIpc) is 3.30. The highest BCUT2D eigenvalue weighted by Crippen LogP contribution is 2.37. The number of esters is 1. The van der Waals surface area contributed by atoms with Crippen LogP contribution in [-0.2, 0) is 4.74 Å². The Kier molecular flexibility index (Phi) is 4.87. The molecule has 8 nitrogen and oxygen atoms in total. The molecule has 2 aromatic carbocycles. The summed E-state index contributed by atoms with van der Waals surface area (Å²) in [6, 6.07) is 15.8. The Balaban J connectivity index is 1.60. The monoisotopic (exact) mass is 427 g/mol. The Hall–Kier alpha value is -4.46. The summed E-state index contributed by atoms with van der Waals surface area (Å²) in [5.41, 5.74) is 2.89. The molecule has 0 fully saturated rings. The van der Waals surface area contributed by atoms with Gasteiger partial charge in [-0.25, -0.2) is 9.78 Å². The van der Waals surface area contributed by atoms with Crippen LogP contribution < -0.4 is 14.8 Å². The third-order valence-corrected chi connectivity index (χ3v) is 5.08. The fraction of sp³-hybridized carbons (Fsp3) is 0.0833. The second kappa shape index (κ2) is 7.99. The molecule has 0 aliphatic carbocycles. The molecule has 158 valence electrons. The topological polar surface area (TPSA) is 99.6 Å². The Labute approximate surface area is 182 Å². The van der Waals surface area contributed by atoms with Crippen molar-refractivity contribution >= 4 is 28.5 Å². The molecule has 32 heavy (non-hydrogen) atoms. The first-order chi connectivity index (χ1) is 15.6. The summed E-state index contributed by atoms with van der Waals surface area (Å²) in [6.45, 7) is 0.0385. The van der Waals surface area contributed by atoms with Gasteiger partial charge in [-0.1, -0.05) is 18.2 Å². The number of rotatable bonds is 4. The minimum atomic E-state index is -0.603. The highest BCUT2D eigenvalue weighted by molar-refractivity contribution is 6.14. The number of nitrogens with one attached hydrogen (secondary N) is 1. The van der Waals surface area contributed by atoms with Crippen molar-refractivity contribution in [2.45, 2.75) is 0 Å². The van der Waals surface area contributed by atoms with Gasteiger partial charge in [-0.2, -0.15) is 0 Å². The zero-order valence-corrected chi connectivity index (χ0v) is 17.0. The van der Waals surface area contributed by atoms with Crippen molar-refractivity contribution in [3.8, 4) is 22.8 Å². The second-order valence-electron chi connectivity index (χ2n) is 7.01. The largest absolute Gasteiger partial charge is 0.465 e. The van der Waals surface area contributed by atoms with Gasteiger partial charge in [0.25, 0.3) is 5.91 Å². The Morgan fingerprint density at radius 2 is 1.81 bits per heavy atom. The summed E-state index contributed by atoms with van der Waals surface area (Å²) in [4.78, 5) is 34.5. The van der Waals surface area contributed by atoms with Gasteiger partial charge in [-0.05, 0) is 24.3 Å². The van der Waals surface area contributed by atoms with Crippen LogP contribution in [0.2, 0.25) is 0 Å². The molecule has 0 unspecified atom stereocenters. The van der Waals surface area contributed by atoms with Gasteiger partial charge in [-0.3, -0.25) is 9.78 Å². The number of anilines is 1. The lowest BCUT2D eigenvalue weighted by molar-refractivity contribution is 0.0601. The molecule has 4 aromatic rings. The predicted molar refractivity (Wildman–Crippen MR) is 117 cm³/mol. The Morgan fingerprint density at radius 3 is 2.59 bits per heavy atom. The number of amides is 1. The Morgan fingerprint density at radius 1 is 1.00 bits per heavy atom. The van der Waals surface area contributed by atoms with Crippen LogP contribution in [0.25, 0.3) is 22.2 Å². The second-order valence-corrected chi connectivity index (χ2v) is 7.01. The van der Waals surface area contributed by atoms with Crippen LogP contribution in [0.3, 0.4) is 0 Å². The van der Waals surface area contributed by atoms with Crippen molar-refractivity contribution in [2.75, 3.05) is 19.2 Å². The molecule has 0 bridgehead atoms. The number of para-hydroxylation sites is 1. The van der Waals surface area contributed by atoms with E-state index in [1.807, 2.05) is 30.3 Å². The maximum absolute atomic E-state index is 13.4. The van der Waals surface area contributed by atoms with Gasteiger partial charge < -0.3 is 19.5 Å². The fourth-order valence-corrected chi connectivity index (χ4v) is 3.54. The number of hydrogen-bond acceptors (Lipinski definition) is 7. The summed E-state index contributed by atoms with van der Waals surface area (Å²) in [5, 5.41) is 3.50. The van der Waals surface area contributed by atoms with E-state index in [1.165, 1.54) is 13.2 Å². The van der Waals surface area contributed by atoms with E-state index >= 15 is 0 Å². The first-order valence-corrected chi connectivity index (χ1v) is 9.77. The molecule has 1 aliphatic rings. The summed E-state index contributed by atoms with van der Waals surface area (Å²) < 4.78 is 15.6. The number of carbonyl (C=O) groups is 2. The maximum Gasteiger partial charge on any atom is 0.340 e. The highest BCUT2D eigenvalue weighted by Gasteiger charge is 2.23. The fourth-order valence-electron chi connectivity index (χ4n) is 3.54. The molecule has 0 atom stereocenters.